The monoisotopic (exact) mass is 203 g/mol. The molecule has 0 saturated carbocycles. The first-order valence-electron chi connectivity index (χ1n) is 3.09. The van der Waals surface area contributed by atoms with Crippen molar-refractivity contribution in [3.05, 3.63) is 10.8 Å². The van der Waals surface area contributed by atoms with Gasteiger partial charge in [-0.2, -0.15) is 0 Å². The first-order valence-corrected chi connectivity index (χ1v) is 3.47. The van der Waals surface area contributed by atoms with Crippen LogP contribution in [0.15, 0.2) is 0 Å². The van der Waals surface area contributed by atoms with Crippen LogP contribution in [0.4, 0.5) is 11.6 Å². The van der Waals surface area contributed by atoms with Crippen molar-refractivity contribution in [3.8, 4) is 0 Å². The van der Waals surface area contributed by atoms with Crippen LogP contribution in [-0.4, -0.2) is 21.0 Å². The number of nitrogens with one attached hydrogen (secondary N) is 1. The molecule has 0 aromatic carbocycles. The molecule has 13 heavy (non-hydrogen) atoms. The van der Waals surface area contributed by atoms with Crippen molar-refractivity contribution >= 4 is 29.2 Å². The smallest absolute Gasteiger partial charge is 0.358 e. The maximum atomic E-state index is 10.5. The van der Waals surface area contributed by atoms with E-state index in [-0.39, 0.29) is 16.8 Å². The number of carboxylic acids is 1. The van der Waals surface area contributed by atoms with Gasteiger partial charge < -0.3 is 16.3 Å². The molecule has 0 aliphatic carbocycles. The molecule has 0 bridgehead atoms. The number of hydrogen-bond acceptors (Lipinski definition) is 6. The van der Waals surface area contributed by atoms with E-state index in [0.29, 0.717) is 0 Å². The summed E-state index contributed by atoms with van der Waals surface area (Å²) in [6.45, 7) is 0. The summed E-state index contributed by atoms with van der Waals surface area (Å²) in [6, 6.07) is 0. The molecule has 0 saturated heterocycles. The van der Waals surface area contributed by atoms with Crippen LogP contribution < -0.4 is 17.0 Å². The Morgan fingerprint density at radius 2 is 2.15 bits per heavy atom. The highest BCUT2D eigenvalue weighted by molar-refractivity contribution is 6.31. The number of hydrazine groups is 1. The number of carboxylic acid groups (broad SMARTS) is 1. The molecule has 0 aliphatic heterocycles. The Kier molecular flexibility index (Phi) is 2.49. The fourth-order valence-electron chi connectivity index (χ4n) is 0.677. The molecule has 1 aromatic heterocycles. The first kappa shape index (κ1) is 9.49. The molecule has 0 aliphatic rings. The van der Waals surface area contributed by atoms with Gasteiger partial charge in [0.25, 0.3) is 0 Å². The van der Waals surface area contributed by atoms with Crippen molar-refractivity contribution in [2.75, 3.05) is 11.2 Å². The summed E-state index contributed by atoms with van der Waals surface area (Å²) in [4.78, 5) is 17.5. The Bertz CT molecular complexity index is 355. The van der Waals surface area contributed by atoms with E-state index >= 15 is 0 Å². The molecule has 0 spiro atoms. The maximum absolute atomic E-state index is 10.5. The number of aromatic carboxylic acids is 1. The van der Waals surface area contributed by atoms with Crippen molar-refractivity contribution < 1.29 is 9.90 Å². The zero-order valence-electron chi connectivity index (χ0n) is 6.28. The number of hydrogen-bond donors (Lipinski definition) is 4. The number of rotatable bonds is 2. The Balaban J connectivity index is 3.28. The van der Waals surface area contributed by atoms with E-state index < -0.39 is 11.7 Å². The molecule has 8 heteroatoms. The van der Waals surface area contributed by atoms with Crippen molar-refractivity contribution in [3.63, 3.8) is 0 Å². The summed E-state index contributed by atoms with van der Waals surface area (Å²) in [5.41, 5.74) is 6.98. The lowest BCUT2D eigenvalue weighted by Crippen LogP contribution is -2.14. The maximum Gasteiger partial charge on any atom is 0.358 e. The average molecular weight is 204 g/mol. The number of anilines is 2. The van der Waals surface area contributed by atoms with Gasteiger partial charge in [-0.05, 0) is 0 Å². The van der Waals surface area contributed by atoms with Gasteiger partial charge in [0.2, 0.25) is 0 Å². The van der Waals surface area contributed by atoms with Crippen LogP contribution in [0.25, 0.3) is 0 Å². The topological polar surface area (TPSA) is 127 Å². The van der Waals surface area contributed by atoms with Gasteiger partial charge in [0.1, 0.15) is 0 Å². The van der Waals surface area contributed by atoms with Crippen molar-refractivity contribution in [2.24, 2.45) is 5.84 Å². The Hall–Kier alpha value is -1.60. The highest BCUT2D eigenvalue weighted by Crippen LogP contribution is 2.18. The van der Waals surface area contributed by atoms with E-state index in [4.69, 9.17) is 28.3 Å². The fourth-order valence-corrected chi connectivity index (χ4v) is 0.858. The van der Waals surface area contributed by atoms with Gasteiger partial charge in [0.05, 0.1) is 0 Å². The van der Waals surface area contributed by atoms with Crippen LogP contribution in [0.5, 0.6) is 0 Å². The number of nitrogens with zero attached hydrogens (tertiary/aromatic N) is 2. The number of nitrogen functional groups attached to an aromatic ring is 2. The second-order valence-electron chi connectivity index (χ2n) is 2.05. The third kappa shape index (κ3) is 1.76. The summed E-state index contributed by atoms with van der Waals surface area (Å²) in [5, 5.41) is 8.42. The van der Waals surface area contributed by atoms with E-state index in [2.05, 4.69) is 15.4 Å². The van der Waals surface area contributed by atoms with E-state index in [1.54, 1.807) is 0 Å². The molecule has 1 rings (SSSR count). The lowest BCUT2D eigenvalue weighted by atomic mass is 10.4. The van der Waals surface area contributed by atoms with E-state index in [9.17, 15) is 4.79 Å². The predicted molar refractivity (Wildman–Crippen MR) is 46.2 cm³/mol. The first-order chi connectivity index (χ1) is 6.06. The van der Waals surface area contributed by atoms with Gasteiger partial charge in [-0.25, -0.2) is 20.6 Å². The number of halogens is 1. The predicted octanol–water partition coefficient (Wildman–Crippen LogP) is -0.304. The van der Waals surface area contributed by atoms with E-state index in [1.165, 1.54) is 0 Å². The second kappa shape index (κ2) is 3.42. The molecule has 7 nitrogen and oxygen atoms in total. The summed E-state index contributed by atoms with van der Waals surface area (Å²) in [5.74, 6) is 3.50. The molecular formula is C5H6ClN5O2. The lowest BCUT2D eigenvalue weighted by molar-refractivity contribution is 0.0691. The molecule has 0 amide bonds. The SMILES string of the molecule is NNc1nc(N)c(C(=O)O)nc1Cl. The number of aromatic nitrogens is 2. The van der Waals surface area contributed by atoms with Gasteiger partial charge in [-0.3, -0.25) is 0 Å². The van der Waals surface area contributed by atoms with Crippen LogP contribution in [0, 0.1) is 0 Å². The molecule has 0 fully saturated rings. The van der Waals surface area contributed by atoms with Crippen LogP contribution in [0.1, 0.15) is 10.5 Å². The minimum atomic E-state index is -1.30. The normalized spacial score (nSPS) is 9.69. The largest absolute Gasteiger partial charge is 0.476 e. The Labute approximate surface area is 77.7 Å². The highest BCUT2D eigenvalue weighted by atomic mass is 35.5. The van der Waals surface area contributed by atoms with Crippen molar-refractivity contribution in [1.82, 2.24) is 9.97 Å². The Morgan fingerprint density at radius 3 is 2.62 bits per heavy atom. The third-order valence-corrected chi connectivity index (χ3v) is 1.48. The number of carbonyl (C=O) groups is 1. The summed E-state index contributed by atoms with van der Waals surface area (Å²) in [6.07, 6.45) is 0. The lowest BCUT2D eigenvalue weighted by Gasteiger charge is -2.04. The van der Waals surface area contributed by atoms with Gasteiger partial charge in [0, 0.05) is 0 Å². The minimum absolute atomic E-state index is 0.0316. The molecule has 0 unspecified atom stereocenters. The van der Waals surface area contributed by atoms with E-state index in [0.717, 1.165) is 0 Å². The molecule has 1 aromatic rings. The summed E-state index contributed by atoms with van der Waals surface area (Å²) in [7, 11) is 0. The highest BCUT2D eigenvalue weighted by Gasteiger charge is 2.14. The molecule has 6 N–H and O–H groups in total. The quantitative estimate of drug-likeness (QED) is 0.384. The van der Waals surface area contributed by atoms with Crippen LogP contribution in [0.2, 0.25) is 5.15 Å². The van der Waals surface area contributed by atoms with Gasteiger partial charge in [-0.1, -0.05) is 11.6 Å². The third-order valence-electron chi connectivity index (χ3n) is 1.22. The van der Waals surface area contributed by atoms with Crippen LogP contribution >= 0.6 is 11.6 Å². The van der Waals surface area contributed by atoms with E-state index in [1.807, 2.05) is 0 Å². The summed E-state index contributed by atoms with van der Waals surface area (Å²) >= 11 is 5.51. The van der Waals surface area contributed by atoms with Gasteiger partial charge in [0.15, 0.2) is 22.5 Å². The molecule has 1 heterocycles. The minimum Gasteiger partial charge on any atom is -0.476 e. The van der Waals surface area contributed by atoms with Gasteiger partial charge >= 0.3 is 5.97 Å². The van der Waals surface area contributed by atoms with Crippen molar-refractivity contribution in [1.29, 1.82) is 0 Å². The van der Waals surface area contributed by atoms with Crippen molar-refractivity contribution in [2.45, 2.75) is 0 Å². The molecule has 70 valence electrons. The molecule has 0 radical (unpaired) electrons. The molecular weight excluding hydrogens is 198 g/mol. The standard InChI is InChI=1S/C5H6ClN5O2/c6-2-4(11-8)10-3(7)1(9-2)5(12)13/h8H2,(H,12,13)(H3,7,10,11). The zero-order valence-corrected chi connectivity index (χ0v) is 7.04. The second-order valence-corrected chi connectivity index (χ2v) is 2.40. The summed E-state index contributed by atoms with van der Waals surface area (Å²) < 4.78 is 0. The fraction of sp³-hybridized carbons (Fsp3) is 0. The molecule has 0 atom stereocenters. The zero-order chi connectivity index (χ0) is 10.0. The van der Waals surface area contributed by atoms with Crippen LogP contribution in [0.3, 0.4) is 0 Å². The van der Waals surface area contributed by atoms with Gasteiger partial charge in [-0.15, -0.1) is 0 Å². The number of nitrogens with two attached hydrogens (primary N) is 2. The Morgan fingerprint density at radius 1 is 1.54 bits per heavy atom. The average Bonchev–Trinajstić information content (AvgIpc) is 2.07. The van der Waals surface area contributed by atoms with Crippen LogP contribution in [-0.2, 0) is 0 Å².